The molecule has 3 aromatic rings. The monoisotopic (exact) mass is 477 g/mol. The summed E-state index contributed by atoms with van der Waals surface area (Å²) in [6, 6.07) is 18.4. The lowest BCUT2D eigenvalue weighted by atomic mass is 9.94. The van der Waals surface area contributed by atoms with Crippen molar-refractivity contribution in [3.63, 3.8) is 0 Å². The van der Waals surface area contributed by atoms with Gasteiger partial charge < -0.3 is 15.5 Å². The van der Waals surface area contributed by atoms with E-state index in [9.17, 15) is 14.4 Å². The van der Waals surface area contributed by atoms with Crippen LogP contribution in [0.3, 0.4) is 0 Å². The minimum absolute atomic E-state index is 0.0156. The Kier molecular flexibility index (Phi) is 7.17. The number of amides is 3. The predicted octanol–water partition coefficient (Wildman–Crippen LogP) is 5.12. The number of carbonyl (C=O) groups is 3. The lowest BCUT2D eigenvalue weighted by Crippen LogP contribution is -2.41. The number of carbonyl (C=O) groups excluding carboxylic acids is 3. The number of benzene rings is 3. The molecule has 0 atom stereocenters. The van der Waals surface area contributed by atoms with Crippen molar-refractivity contribution in [1.29, 1.82) is 0 Å². The number of hydrogen-bond donors (Lipinski definition) is 2. The number of likely N-dealkylation sites (tertiary alicyclic amines) is 1. The van der Waals surface area contributed by atoms with Crippen molar-refractivity contribution in [1.82, 2.24) is 10.2 Å². The van der Waals surface area contributed by atoms with Crippen LogP contribution in [-0.4, -0.2) is 41.8 Å². The van der Waals surface area contributed by atoms with Crippen LogP contribution in [0.5, 0.6) is 0 Å². The molecule has 0 bridgehead atoms. The van der Waals surface area contributed by atoms with Gasteiger partial charge in [0, 0.05) is 35.6 Å². The molecule has 0 unspecified atom stereocenters. The van der Waals surface area contributed by atoms with Gasteiger partial charge in [0.05, 0.1) is 11.3 Å². The fourth-order valence-corrected chi connectivity index (χ4v) is 4.49. The molecule has 4 rings (SSSR count). The number of nitrogens with zero attached hydrogens (tertiary/aromatic N) is 1. The molecule has 7 heteroatoms. The van der Waals surface area contributed by atoms with Gasteiger partial charge in [0.25, 0.3) is 11.8 Å². The molecule has 2 N–H and O–H groups in total. The first-order valence-electron chi connectivity index (χ1n) is 11.5. The average Bonchev–Trinajstić information content (AvgIpc) is 2.83. The molecule has 1 heterocycles. The Labute approximate surface area is 204 Å². The van der Waals surface area contributed by atoms with Gasteiger partial charge in [-0.15, -0.1) is 0 Å². The Balaban J connectivity index is 1.42. The van der Waals surface area contributed by atoms with Crippen molar-refractivity contribution in [3.05, 3.63) is 76.8 Å². The van der Waals surface area contributed by atoms with E-state index < -0.39 is 0 Å². The number of halogens is 1. The molecule has 1 aliphatic rings. The summed E-state index contributed by atoms with van der Waals surface area (Å²) in [5, 5.41) is 8.13. The van der Waals surface area contributed by atoms with Gasteiger partial charge in [-0.25, -0.2) is 0 Å². The van der Waals surface area contributed by atoms with Crippen LogP contribution in [0.4, 0.5) is 5.69 Å². The van der Waals surface area contributed by atoms with Gasteiger partial charge in [-0.05, 0) is 61.7 Å². The van der Waals surface area contributed by atoms with Gasteiger partial charge in [0.1, 0.15) is 0 Å². The topological polar surface area (TPSA) is 78.5 Å². The van der Waals surface area contributed by atoms with Crippen LogP contribution in [0.1, 0.15) is 47.4 Å². The van der Waals surface area contributed by atoms with Crippen LogP contribution in [0.25, 0.3) is 10.8 Å². The van der Waals surface area contributed by atoms with Crippen LogP contribution in [0, 0.1) is 5.92 Å². The highest BCUT2D eigenvalue weighted by Crippen LogP contribution is 2.26. The fourth-order valence-electron chi connectivity index (χ4n) is 4.32. The summed E-state index contributed by atoms with van der Waals surface area (Å²) >= 11 is 6.12. The summed E-state index contributed by atoms with van der Waals surface area (Å²) < 4.78 is 0. The van der Waals surface area contributed by atoms with E-state index in [0.717, 1.165) is 10.8 Å². The first kappa shape index (κ1) is 23.8. The highest BCUT2D eigenvalue weighted by Gasteiger charge is 2.29. The summed E-state index contributed by atoms with van der Waals surface area (Å²) in [5.41, 5.74) is 1.45. The van der Waals surface area contributed by atoms with Gasteiger partial charge in [-0.2, -0.15) is 0 Å². The maximum atomic E-state index is 13.2. The van der Waals surface area contributed by atoms with Crippen LogP contribution in [-0.2, 0) is 4.79 Å². The van der Waals surface area contributed by atoms with Crippen molar-refractivity contribution < 1.29 is 14.4 Å². The zero-order chi connectivity index (χ0) is 24.2. The molecule has 1 saturated heterocycles. The minimum atomic E-state index is -0.266. The van der Waals surface area contributed by atoms with Gasteiger partial charge in [0.2, 0.25) is 5.91 Å². The first-order valence-corrected chi connectivity index (χ1v) is 11.9. The van der Waals surface area contributed by atoms with E-state index in [4.69, 9.17) is 11.6 Å². The fraction of sp³-hybridized carbons (Fsp3) is 0.296. The largest absolute Gasteiger partial charge is 0.350 e. The second-order valence-electron chi connectivity index (χ2n) is 8.90. The highest BCUT2D eigenvalue weighted by molar-refractivity contribution is 6.31. The normalized spacial score (nSPS) is 14.3. The van der Waals surface area contributed by atoms with Crippen molar-refractivity contribution in [2.75, 3.05) is 18.4 Å². The third kappa shape index (κ3) is 5.23. The van der Waals surface area contributed by atoms with Crippen LogP contribution in [0.15, 0.2) is 60.7 Å². The summed E-state index contributed by atoms with van der Waals surface area (Å²) in [4.78, 5) is 40.6. The van der Waals surface area contributed by atoms with E-state index in [1.54, 1.807) is 18.2 Å². The van der Waals surface area contributed by atoms with Crippen molar-refractivity contribution in [3.8, 4) is 0 Å². The highest BCUT2D eigenvalue weighted by atomic mass is 35.5. The Morgan fingerprint density at radius 1 is 0.941 bits per heavy atom. The zero-order valence-corrected chi connectivity index (χ0v) is 20.1. The summed E-state index contributed by atoms with van der Waals surface area (Å²) in [7, 11) is 0. The Morgan fingerprint density at radius 3 is 2.38 bits per heavy atom. The van der Waals surface area contributed by atoms with Crippen molar-refractivity contribution in [2.45, 2.75) is 32.7 Å². The number of fused-ring (bicyclic) bond motifs is 1. The van der Waals surface area contributed by atoms with E-state index in [1.165, 1.54) is 0 Å². The molecule has 0 saturated carbocycles. The minimum Gasteiger partial charge on any atom is -0.350 e. The van der Waals surface area contributed by atoms with E-state index in [1.807, 2.05) is 61.2 Å². The molecule has 0 radical (unpaired) electrons. The molecular formula is C27H28ClN3O3. The molecule has 0 aliphatic carbocycles. The molecule has 3 aromatic carbocycles. The Morgan fingerprint density at radius 2 is 1.65 bits per heavy atom. The van der Waals surface area contributed by atoms with Gasteiger partial charge >= 0.3 is 0 Å². The molecule has 1 aliphatic heterocycles. The van der Waals surface area contributed by atoms with Gasteiger partial charge in [0.15, 0.2) is 0 Å². The SMILES string of the molecule is CC(C)NC(=O)c1ccc(Cl)cc1NC(=O)C1CCN(C(=O)c2cccc3ccccc23)CC1. The van der Waals surface area contributed by atoms with Gasteiger partial charge in [-0.1, -0.05) is 48.0 Å². The first-order chi connectivity index (χ1) is 16.3. The van der Waals surface area contributed by atoms with Crippen molar-refractivity contribution in [2.24, 2.45) is 5.92 Å². The van der Waals surface area contributed by atoms with Gasteiger partial charge in [-0.3, -0.25) is 14.4 Å². The molecule has 3 amide bonds. The third-order valence-electron chi connectivity index (χ3n) is 6.08. The molecule has 0 spiro atoms. The third-order valence-corrected chi connectivity index (χ3v) is 6.31. The molecule has 176 valence electrons. The van der Waals surface area contributed by atoms with E-state index in [2.05, 4.69) is 10.6 Å². The number of nitrogens with one attached hydrogen (secondary N) is 2. The number of anilines is 1. The lowest BCUT2D eigenvalue weighted by molar-refractivity contribution is -0.121. The Hall–Kier alpha value is -3.38. The number of rotatable bonds is 5. The van der Waals surface area contributed by atoms with Crippen molar-refractivity contribution >= 4 is 45.8 Å². The van der Waals surface area contributed by atoms with Crippen LogP contribution < -0.4 is 10.6 Å². The standard InChI is InChI=1S/C27H28ClN3O3/c1-17(2)29-26(33)23-11-10-20(28)16-24(23)30-25(32)19-12-14-31(15-13-19)27(34)22-9-5-7-18-6-3-4-8-21(18)22/h3-11,16-17,19H,12-15H2,1-2H3,(H,29,33)(H,30,32). The number of hydrogen-bond acceptors (Lipinski definition) is 3. The molecule has 6 nitrogen and oxygen atoms in total. The Bertz CT molecular complexity index is 1230. The molecule has 0 aromatic heterocycles. The molecular weight excluding hydrogens is 450 g/mol. The van der Waals surface area contributed by atoms with E-state index in [0.29, 0.717) is 47.8 Å². The lowest BCUT2D eigenvalue weighted by Gasteiger charge is -2.31. The smallest absolute Gasteiger partial charge is 0.254 e. The quantitative estimate of drug-likeness (QED) is 0.535. The van der Waals surface area contributed by atoms with E-state index >= 15 is 0 Å². The summed E-state index contributed by atoms with van der Waals surface area (Å²) in [6.07, 6.45) is 1.10. The van der Waals surface area contributed by atoms with Crippen LogP contribution in [0.2, 0.25) is 5.02 Å². The maximum Gasteiger partial charge on any atom is 0.254 e. The number of piperidine rings is 1. The zero-order valence-electron chi connectivity index (χ0n) is 19.3. The van der Waals surface area contributed by atoms with E-state index in [-0.39, 0.29) is 29.7 Å². The predicted molar refractivity (Wildman–Crippen MR) is 135 cm³/mol. The second-order valence-corrected chi connectivity index (χ2v) is 9.34. The summed E-state index contributed by atoms with van der Waals surface area (Å²) in [5.74, 6) is -0.703. The second kappa shape index (κ2) is 10.3. The summed E-state index contributed by atoms with van der Waals surface area (Å²) in [6.45, 7) is 4.74. The molecule has 34 heavy (non-hydrogen) atoms. The molecule has 1 fully saturated rings. The average molecular weight is 478 g/mol. The maximum absolute atomic E-state index is 13.2. The van der Waals surface area contributed by atoms with Crippen LogP contribution >= 0.6 is 11.6 Å².